The Morgan fingerprint density at radius 2 is 1.81 bits per heavy atom. The second-order valence-corrected chi connectivity index (χ2v) is 7.31. The molecule has 2 aromatic carbocycles. The predicted molar refractivity (Wildman–Crippen MR) is 102 cm³/mol. The van der Waals surface area contributed by atoms with Crippen molar-refractivity contribution in [1.29, 1.82) is 0 Å². The number of carbonyl (C=O) groups is 1. The van der Waals surface area contributed by atoms with E-state index in [1.54, 1.807) is 6.07 Å². The number of rotatable bonds is 3. The maximum Gasteiger partial charge on any atom is 0.253 e. The molecule has 0 radical (unpaired) electrons. The summed E-state index contributed by atoms with van der Waals surface area (Å²) in [6, 6.07) is 16.8. The van der Waals surface area contributed by atoms with Gasteiger partial charge in [-0.15, -0.1) is 0 Å². The number of aliphatic hydroxyl groups excluding tert-OH is 1. The van der Waals surface area contributed by atoms with Gasteiger partial charge in [-0.2, -0.15) is 0 Å². The van der Waals surface area contributed by atoms with Gasteiger partial charge in [-0.3, -0.25) is 4.79 Å². The van der Waals surface area contributed by atoms with E-state index in [2.05, 4.69) is 0 Å². The number of para-hydroxylation sites is 1. The van der Waals surface area contributed by atoms with E-state index >= 15 is 0 Å². The van der Waals surface area contributed by atoms with E-state index in [0.717, 1.165) is 18.6 Å². The molecule has 2 aliphatic heterocycles. The van der Waals surface area contributed by atoms with E-state index < -0.39 is 11.7 Å². The highest BCUT2D eigenvalue weighted by atomic mass is 16.5. The molecule has 0 bridgehead atoms. The van der Waals surface area contributed by atoms with Crippen molar-refractivity contribution < 1.29 is 19.4 Å². The van der Waals surface area contributed by atoms with Gasteiger partial charge in [-0.05, 0) is 56.0 Å². The van der Waals surface area contributed by atoms with Crippen LogP contribution in [0.5, 0.6) is 11.5 Å². The van der Waals surface area contributed by atoms with Crippen LogP contribution >= 0.6 is 0 Å². The van der Waals surface area contributed by atoms with Crippen LogP contribution in [0.15, 0.2) is 54.6 Å². The number of amides is 1. The Bertz CT molecular complexity index is 784. The normalized spacial score (nSPS) is 21.8. The van der Waals surface area contributed by atoms with Crippen LogP contribution < -0.4 is 4.74 Å². The minimum absolute atomic E-state index is 0.00587. The first-order valence-electron chi connectivity index (χ1n) is 9.61. The fourth-order valence-corrected chi connectivity index (χ4v) is 3.98. The average Bonchev–Trinajstić information content (AvgIpc) is 2.71. The molecule has 2 aliphatic rings. The molecule has 0 unspecified atom stereocenters. The first-order valence-corrected chi connectivity index (χ1v) is 9.61. The zero-order chi connectivity index (χ0) is 18.7. The fourth-order valence-electron chi connectivity index (χ4n) is 3.98. The van der Waals surface area contributed by atoms with Crippen LogP contribution in [0, 0.1) is 0 Å². The largest absolute Gasteiger partial charge is 0.457 e. The summed E-state index contributed by atoms with van der Waals surface area (Å²) in [7, 11) is 0. The maximum atomic E-state index is 12.9. The molecule has 5 heteroatoms. The van der Waals surface area contributed by atoms with Gasteiger partial charge in [0.25, 0.3) is 5.91 Å². The maximum absolute atomic E-state index is 12.9. The van der Waals surface area contributed by atoms with Crippen LogP contribution in [0.4, 0.5) is 0 Å². The Morgan fingerprint density at radius 3 is 2.56 bits per heavy atom. The Morgan fingerprint density at radius 1 is 1.07 bits per heavy atom. The minimum atomic E-state index is -0.465. The highest BCUT2D eigenvalue weighted by Gasteiger charge is 2.44. The molecule has 1 N–H and O–H groups in total. The summed E-state index contributed by atoms with van der Waals surface area (Å²) in [6.45, 7) is 1.89. The molecule has 0 aliphatic carbocycles. The lowest BCUT2D eigenvalue weighted by Crippen LogP contribution is -2.56. The standard InChI is InChI=1S/C22H25NO4/c24-20-10-5-15-26-22(20)11-13-23(14-12-22)21(25)17-6-4-9-19(16-17)27-18-7-2-1-3-8-18/h1-4,6-9,16,20,24H,5,10-15H2/t20-/m1/s1. The van der Waals surface area contributed by atoms with Gasteiger partial charge >= 0.3 is 0 Å². The third-order valence-corrected chi connectivity index (χ3v) is 5.58. The molecule has 142 valence electrons. The fraction of sp³-hybridized carbons (Fsp3) is 0.409. The number of hydrogen-bond acceptors (Lipinski definition) is 4. The van der Waals surface area contributed by atoms with Crippen molar-refractivity contribution in [2.75, 3.05) is 19.7 Å². The van der Waals surface area contributed by atoms with Crippen LogP contribution in [0.1, 0.15) is 36.0 Å². The van der Waals surface area contributed by atoms with E-state index in [4.69, 9.17) is 9.47 Å². The number of hydrogen-bond donors (Lipinski definition) is 1. The molecule has 5 nitrogen and oxygen atoms in total. The van der Waals surface area contributed by atoms with Crippen LogP contribution in [-0.2, 0) is 4.74 Å². The van der Waals surface area contributed by atoms with Gasteiger partial charge in [0.1, 0.15) is 11.5 Å². The van der Waals surface area contributed by atoms with Crippen LogP contribution in [0.25, 0.3) is 0 Å². The molecule has 4 rings (SSSR count). The summed E-state index contributed by atoms with van der Waals surface area (Å²) in [5, 5.41) is 10.4. The monoisotopic (exact) mass is 367 g/mol. The number of aliphatic hydroxyl groups is 1. The van der Waals surface area contributed by atoms with Crippen molar-refractivity contribution in [3.05, 3.63) is 60.2 Å². The average molecular weight is 367 g/mol. The second-order valence-electron chi connectivity index (χ2n) is 7.31. The zero-order valence-corrected chi connectivity index (χ0v) is 15.3. The number of ether oxygens (including phenoxy) is 2. The Kier molecular flexibility index (Phi) is 5.14. The molecular weight excluding hydrogens is 342 g/mol. The lowest BCUT2D eigenvalue weighted by Gasteiger charge is -2.46. The van der Waals surface area contributed by atoms with E-state index in [9.17, 15) is 9.90 Å². The molecule has 27 heavy (non-hydrogen) atoms. The van der Waals surface area contributed by atoms with Crippen molar-refractivity contribution in [3.8, 4) is 11.5 Å². The lowest BCUT2D eigenvalue weighted by molar-refractivity contribution is -0.174. The quantitative estimate of drug-likeness (QED) is 0.900. The van der Waals surface area contributed by atoms with Gasteiger partial charge < -0.3 is 19.5 Å². The second kappa shape index (κ2) is 7.71. The molecule has 2 heterocycles. The summed E-state index contributed by atoms with van der Waals surface area (Å²) in [5.74, 6) is 1.38. The lowest BCUT2D eigenvalue weighted by atomic mass is 9.82. The minimum Gasteiger partial charge on any atom is -0.457 e. The van der Waals surface area contributed by atoms with Gasteiger partial charge in [0, 0.05) is 25.3 Å². The van der Waals surface area contributed by atoms with E-state index in [0.29, 0.717) is 43.9 Å². The molecule has 2 fully saturated rings. The number of piperidine rings is 1. The van der Waals surface area contributed by atoms with Crippen molar-refractivity contribution in [2.24, 2.45) is 0 Å². The van der Waals surface area contributed by atoms with Gasteiger partial charge in [-0.1, -0.05) is 24.3 Å². The highest BCUT2D eigenvalue weighted by molar-refractivity contribution is 5.94. The van der Waals surface area contributed by atoms with E-state index in [-0.39, 0.29) is 5.91 Å². The Hall–Kier alpha value is -2.37. The number of benzene rings is 2. The Labute approximate surface area is 159 Å². The molecule has 0 saturated carbocycles. The smallest absolute Gasteiger partial charge is 0.253 e. The van der Waals surface area contributed by atoms with Gasteiger partial charge in [0.15, 0.2) is 0 Å². The van der Waals surface area contributed by atoms with E-state index in [1.165, 1.54) is 0 Å². The third-order valence-electron chi connectivity index (χ3n) is 5.58. The summed E-state index contributed by atoms with van der Waals surface area (Å²) in [4.78, 5) is 14.8. The molecule has 1 atom stereocenters. The van der Waals surface area contributed by atoms with Crippen molar-refractivity contribution >= 4 is 5.91 Å². The van der Waals surface area contributed by atoms with Crippen LogP contribution in [-0.4, -0.2) is 47.3 Å². The van der Waals surface area contributed by atoms with Crippen molar-refractivity contribution in [3.63, 3.8) is 0 Å². The summed E-state index contributed by atoms with van der Waals surface area (Å²) in [6.07, 6.45) is 2.62. The summed E-state index contributed by atoms with van der Waals surface area (Å²) < 4.78 is 11.8. The van der Waals surface area contributed by atoms with Crippen molar-refractivity contribution in [1.82, 2.24) is 4.90 Å². The Balaban J connectivity index is 1.42. The first kappa shape index (κ1) is 18.0. The number of likely N-dealkylation sites (tertiary alicyclic amines) is 1. The predicted octanol–water partition coefficient (Wildman–Crippen LogP) is 3.63. The molecule has 0 aromatic heterocycles. The summed E-state index contributed by atoms with van der Waals surface area (Å²) in [5.41, 5.74) is 0.150. The molecule has 1 spiro atoms. The topological polar surface area (TPSA) is 59.0 Å². The molecule has 2 aromatic rings. The van der Waals surface area contributed by atoms with Gasteiger partial charge in [-0.25, -0.2) is 0 Å². The highest BCUT2D eigenvalue weighted by Crippen LogP contribution is 2.35. The third kappa shape index (κ3) is 3.84. The first-order chi connectivity index (χ1) is 13.2. The van der Waals surface area contributed by atoms with Crippen LogP contribution in [0.2, 0.25) is 0 Å². The SMILES string of the molecule is O=C(c1cccc(Oc2ccccc2)c1)N1CCC2(CC1)OCCC[C@H]2O. The number of carbonyl (C=O) groups excluding carboxylic acids is 1. The van der Waals surface area contributed by atoms with Gasteiger partial charge in [0.2, 0.25) is 0 Å². The van der Waals surface area contributed by atoms with E-state index in [1.807, 2.05) is 53.4 Å². The van der Waals surface area contributed by atoms with Crippen LogP contribution in [0.3, 0.4) is 0 Å². The molecular formula is C22H25NO4. The molecule has 2 saturated heterocycles. The number of nitrogens with zero attached hydrogens (tertiary/aromatic N) is 1. The summed E-state index contributed by atoms with van der Waals surface area (Å²) >= 11 is 0. The van der Waals surface area contributed by atoms with Crippen molar-refractivity contribution in [2.45, 2.75) is 37.4 Å². The van der Waals surface area contributed by atoms with Gasteiger partial charge in [0.05, 0.1) is 11.7 Å². The zero-order valence-electron chi connectivity index (χ0n) is 15.3. The molecule has 1 amide bonds.